The molecule has 1 aliphatic carbocycles. The van der Waals surface area contributed by atoms with Crippen molar-refractivity contribution in [2.45, 2.75) is 39.8 Å². The summed E-state index contributed by atoms with van der Waals surface area (Å²) < 4.78 is 2.20. The van der Waals surface area contributed by atoms with Gasteiger partial charge in [-0.15, -0.1) is 0 Å². The smallest absolute Gasteiger partial charge is 0.335 e. The number of aromatic amines is 1. The van der Waals surface area contributed by atoms with Gasteiger partial charge in [0.05, 0.1) is 18.2 Å². The molecule has 0 radical (unpaired) electrons. The van der Waals surface area contributed by atoms with E-state index in [4.69, 9.17) is 11.6 Å². The quantitative estimate of drug-likeness (QED) is 0.515. The summed E-state index contributed by atoms with van der Waals surface area (Å²) in [5.41, 5.74) is 1.85. The maximum atomic E-state index is 13.3. The number of benzene rings is 2. The fourth-order valence-electron chi connectivity index (χ4n) is 3.46. The fourth-order valence-corrected chi connectivity index (χ4v) is 3.58. The van der Waals surface area contributed by atoms with Crippen LogP contribution in [0.4, 0.5) is 5.69 Å². The van der Waals surface area contributed by atoms with Crippen molar-refractivity contribution in [2.24, 2.45) is 16.8 Å². The van der Waals surface area contributed by atoms with E-state index in [9.17, 15) is 19.5 Å². The zero-order valence-electron chi connectivity index (χ0n) is 19.4. The lowest BCUT2D eigenvalue weighted by Crippen LogP contribution is -2.51. The van der Waals surface area contributed by atoms with Crippen LogP contribution in [0, 0.1) is 30.6 Å². The number of rotatable bonds is 6. The van der Waals surface area contributed by atoms with E-state index < -0.39 is 23.3 Å². The van der Waals surface area contributed by atoms with Crippen LogP contribution in [0.25, 0.3) is 0 Å². The second kappa shape index (κ2) is 10.2. The molecule has 1 saturated carbocycles. The van der Waals surface area contributed by atoms with Crippen molar-refractivity contribution in [3.05, 3.63) is 90.8 Å². The highest BCUT2D eigenvalue weighted by Crippen LogP contribution is 2.28. The molecule has 2 N–H and O–H groups in total. The summed E-state index contributed by atoms with van der Waals surface area (Å²) in [4.78, 5) is 44.6. The van der Waals surface area contributed by atoms with Gasteiger partial charge in [-0.3, -0.25) is 14.3 Å². The molecule has 180 valence electrons. The monoisotopic (exact) mass is 492 g/mol. The van der Waals surface area contributed by atoms with Crippen LogP contribution in [0.15, 0.2) is 57.0 Å². The lowest BCUT2D eigenvalue weighted by atomic mass is 10.1. The van der Waals surface area contributed by atoms with Gasteiger partial charge in [0.25, 0.3) is 0 Å². The molecule has 0 aliphatic heterocycles. The predicted molar refractivity (Wildman–Crippen MR) is 133 cm³/mol. The molecule has 4 rings (SSSR count). The number of carboxylic acid groups (broad SMARTS) is 1. The molecule has 1 unspecified atom stereocenters. The zero-order valence-corrected chi connectivity index (χ0v) is 20.2. The Morgan fingerprint density at radius 1 is 1.20 bits per heavy atom. The van der Waals surface area contributed by atoms with Crippen LogP contribution < -0.4 is 17.0 Å². The van der Waals surface area contributed by atoms with Gasteiger partial charge in [0.15, 0.2) is 0 Å². The van der Waals surface area contributed by atoms with Crippen LogP contribution in [0.1, 0.15) is 36.5 Å². The highest BCUT2D eigenvalue weighted by Gasteiger charge is 2.18. The number of nitrogens with zero attached hydrogens (tertiary/aromatic N) is 3. The third-order valence-electron chi connectivity index (χ3n) is 5.75. The van der Waals surface area contributed by atoms with Gasteiger partial charge in [-0.2, -0.15) is 0 Å². The van der Waals surface area contributed by atoms with Crippen LogP contribution in [-0.2, 0) is 17.9 Å². The minimum Gasteiger partial charge on any atom is -0.481 e. The molecular formula is C26H25ClN4O4. The fraction of sp³-hybridized carbons (Fsp3) is 0.308. The summed E-state index contributed by atoms with van der Waals surface area (Å²) >= 11 is 5.98. The molecule has 1 aliphatic rings. The number of hydrogen-bond acceptors (Lipinski definition) is 4. The maximum Gasteiger partial charge on any atom is 0.335 e. The number of carbonyl (C=O) groups is 1. The Balaban J connectivity index is 1.81. The van der Waals surface area contributed by atoms with Crippen LogP contribution >= 0.6 is 11.6 Å². The summed E-state index contributed by atoms with van der Waals surface area (Å²) in [7, 11) is 0. The Morgan fingerprint density at radius 2 is 1.91 bits per heavy atom. The molecule has 8 nitrogen and oxygen atoms in total. The van der Waals surface area contributed by atoms with Crippen LogP contribution in [0.5, 0.6) is 0 Å². The lowest BCUT2D eigenvalue weighted by Gasteiger charge is -2.13. The van der Waals surface area contributed by atoms with Crippen molar-refractivity contribution in [1.82, 2.24) is 14.1 Å². The van der Waals surface area contributed by atoms with Gasteiger partial charge in [-0.25, -0.2) is 19.1 Å². The molecule has 1 fully saturated rings. The predicted octanol–water partition coefficient (Wildman–Crippen LogP) is 3.06. The maximum absolute atomic E-state index is 13.3. The molecule has 0 spiro atoms. The normalized spacial score (nSPS) is 14.3. The Kier molecular flexibility index (Phi) is 7.08. The Labute approximate surface area is 206 Å². The third-order valence-corrected chi connectivity index (χ3v) is 6.00. The molecule has 0 saturated heterocycles. The number of hydrogen-bond donors (Lipinski definition) is 2. The highest BCUT2D eigenvalue weighted by atomic mass is 35.5. The number of nitrogens with one attached hydrogen (secondary N) is 1. The topological polar surface area (TPSA) is 109 Å². The van der Waals surface area contributed by atoms with Crippen LogP contribution in [-0.4, -0.2) is 25.2 Å². The molecule has 9 heteroatoms. The first-order valence-corrected chi connectivity index (χ1v) is 11.7. The number of aliphatic carboxylic acids is 1. The van der Waals surface area contributed by atoms with Gasteiger partial charge < -0.3 is 5.11 Å². The third kappa shape index (κ3) is 6.00. The second-order valence-electron chi connectivity index (χ2n) is 8.75. The first-order chi connectivity index (χ1) is 16.7. The lowest BCUT2D eigenvalue weighted by molar-refractivity contribution is -0.141. The first kappa shape index (κ1) is 24.3. The standard InChI is InChI=1S/C26H25ClN4O4/c1-16-13-22(12-9-20(16)8-5-18-3-4-18)28-24-29-25(34)31(14-17(2)23(32)33)26(35)30(24)15-19-6-10-21(27)11-7-19/h6-7,9-13,17-18H,3-4,14-15H2,1-2H3,(H,32,33)(H,28,29,34). The Morgan fingerprint density at radius 3 is 2.54 bits per heavy atom. The molecule has 1 heterocycles. The summed E-state index contributed by atoms with van der Waals surface area (Å²) in [6.45, 7) is 3.22. The van der Waals surface area contributed by atoms with Crippen molar-refractivity contribution >= 4 is 23.3 Å². The minimum absolute atomic E-state index is 0.0605. The summed E-state index contributed by atoms with van der Waals surface area (Å²) in [5.74, 6) is 4.91. The second-order valence-corrected chi connectivity index (χ2v) is 9.19. The van der Waals surface area contributed by atoms with Crippen molar-refractivity contribution < 1.29 is 9.90 Å². The summed E-state index contributed by atoms with van der Waals surface area (Å²) in [5, 5.41) is 9.80. The Hall–Kier alpha value is -3.83. The average molecular weight is 493 g/mol. The zero-order chi connectivity index (χ0) is 25.1. The van der Waals surface area contributed by atoms with Crippen LogP contribution in [0.2, 0.25) is 5.02 Å². The molecular weight excluding hydrogens is 468 g/mol. The molecule has 1 aromatic heterocycles. The minimum atomic E-state index is -1.10. The van der Waals surface area contributed by atoms with E-state index in [0.717, 1.165) is 34.1 Å². The van der Waals surface area contributed by atoms with E-state index in [2.05, 4.69) is 21.8 Å². The van der Waals surface area contributed by atoms with E-state index in [1.807, 2.05) is 19.1 Å². The largest absolute Gasteiger partial charge is 0.481 e. The van der Waals surface area contributed by atoms with E-state index >= 15 is 0 Å². The molecule has 3 aromatic rings. The molecule has 2 aromatic carbocycles. The van der Waals surface area contributed by atoms with E-state index in [-0.39, 0.29) is 18.7 Å². The summed E-state index contributed by atoms with van der Waals surface area (Å²) in [6.07, 6.45) is 2.30. The molecule has 0 amide bonds. The van der Waals surface area contributed by atoms with Crippen molar-refractivity contribution in [2.75, 3.05) is 0 Å². The molecule has 35 heavy (non-hydrogen) atoms. The first-order valence-electron chi connectivity index (χ1n) is 11.3. The van der Waals surface area contributed by atoms with Gasteiger partial charge in [-0.1, -0.05) is 42.5 Å². The van der Waals surface area contributed by atoms with E-state index in [0.29, 0.717) is 16.6 Å². The van der Waals surface area contributed by atoms with E-state index in [1.54, 1.807) is 30.3 Å². The van der Waals surface area contributed by atoms with Gasteiger partial charge >= 0.3 is 17.3 Å². The van der Waals surface area contributed by atoms with E-state index in [1.165, 1.54) is 11.5 Å². The number of H-pyrrole nitrogens is 1. The van der Waals surface area contributed by atoms with Gasteiger partial charge in [0.1, 0.15) is 0 Å². The van der Waals surface area contributed by atoms with Gasteiger partial charge in [0, 0.05) is 23.0 Å². The number of aromatic nitrogens is 3. The average Bonchev–Trinajstić information content (AvgIpc) is 3.64. The number of aryl methyl sites for hydroxylation is 1. The van der Waals surface area contributed by atoms with Crippen molar-refractivity contribution in [3.63, 3.8) is 0 Å². The van der Waals surface area contributed by atoms with Gasteiger partial charge in [-0.05, 0) is 61.2 Å². The number of halogens is 1. The number of carboxylic acids is 1. The van der Waals surface area contributed by atoms with Crippen molar-refractivity contribution in [3.8, 4) is 11.8 Å². The molecule has 1 atom stereocenters. The summed E-state index contributed by atoms with van der Waals surface area (Å²) in [6, 6.07) is 12.5. The van der Waals surface area contributed by atoms with Crippen molar-refractivity contribution in [1.29, 1.82) is 0 Å². The molecule has 0 bridgehead atoms. The Bertz CT molecular complexity index is 1520. The highest BCUT2D eigenvalue weighted by molar-refractivity contribution is 6.30. The van der Waals surface area contributed by atoms with Gasteiger partial charge in [0.2, 0.25) is 5.62 Å². The SMILES string of the molecule is Cc1cc(N=c2[nH]c(=O)n(CC(C)C(=O)O)c(=O)n2Cc2ccc(Cl)cc2)ccc1C#CC1CC1. The van der Waals surface area contributed by atoms with Crippen LogP contribution in [0.3, 0.4) is 0 Å².